The first-order valence-corrected chi connectivity index (χ1v) is 26.4. The molecular formula is C62H48F2N16O. The number of aromatic nitrogens is 12. The van der Waals surface area contributed by atoms with Gasteiger partial charge in [0, 0.05) is 131 Å². The van der Waals surface area contributed by atoms with E-state index in [0.29, 0.717) is 113 Å². The van der Waals surface area contributed by atoms with Crippen LogP contribution in [0.4, 0.5) is 20.3 Å². The Balaban J connectivity index is 0.868. The number of benzene rings is 3. The van der Waals surface area contributed by atoms with Crippen LogP contribution in [0.3, 0.4) is 0 Å². The summed E-state index contributed by atoms with van der Waals surface area (Å²) in [4.78, 5) is 51.0. The molecule has 396 valence electrons. The van der Waals surface area contributed by atoms with Crippen molar-refractivity contribution in [3.63, 3.8) is 0 Å². The van der Waals surface area contributed by atoms with Crippen molar-refractivity contribution in [2.45, 2.75) is 25.8 Å². The van der Waals surface area contributed by atoms with Crippen molar-refractivity contribution in [3.05, 3.63) is 215 Å². The summed E-state index contributed by atoms with van der Waals surface area (Å²) in [6.07, 6.45) is 23.8. The van der Waals surface area contributed by atoms with Crippen molar-refractivity contribution in [1.29, 1.82) is 0 Å². The lowest BCUT2D eigenvalue weighted by Gasteiger charge is -2.15. The highest BCUT2D eigenvalue weighted by Gasteiger charge is 2.28. The van der Waals surface area contributed by atoms with Crippen molar-refractivity contribution < 1.29 is 13.6 Å². The smallest absolute Gasteiger partial charge is 0.255 e. The second-order valence-corrected chi connectivity index (χ2v) is 20.2. The number of H-pyrrole nitrogens is 3. The van der Waals surface area contributed by atoms with Gasteiger partial charge in [-0.1, -0.05) is 30.4 Å². The molecule has 8 aromatic heterocycles. The van der Waals surface area contributed by atoms with Gasteiger partial charge in [-0.25, -0.2) is 18.7 Å². The molecule has 1 fully saturated rings. The maximum absolute atomic E-state index is 18.1. The maximum atomic E-state index is 18.1. The minimum atomic E-state index is -0.613. The Bertz CT molecular complexity index is 4450. The van der Waals surface area contributed by atoms with Gasteiger partial charge < -0.3 is 26.3 Å². The summed E-state index contributed by atoms with van der Waals surface area (Å²) in [5.41, 5.74) is 18.1. The predicted molar refractivity (Wildman–Crippen MR) is 308 cm³/mol. The van der Waals surface area contributed by atoms with Gasteiger partial charge in [0.25, 0.3) is 5.91 Å². The van der Waals surface area contributed by atoms with Crippen molar-refractivity contribution in [2.24, 2.45) is 12.8 Å². The molecule has 0 atom stereocenters. The summed E-state index contributed by atoms with van der Waals surface area (Å²) in [7, 11) is 1.78. The Kier molecular flexibility index (Phi) is 12.1. The molecule has 0 spiro atoms. The van der Waals surface area contributed by atoms with E-state index in [9.17, 15) is 4.79 Å². The zero-order valence-corrected chi connectivity index (χ0v) is 43.5. The monoisotopic (exact) mass is 1070 g/mol. The highest BCUT2D eigenvalue weighted by Crippen LogP contribution is 2.43. The number of nitrogens with one attached hydrogen (secondary N) is 5. The summed E-state index contributed by atoms with van der Waals surface area (Å²) in [5, 5.41) is 20.3. The number of nitrogens with two attached hydrogens (primary N) is 1. The van der Waals surface area contributed by atoms with Crippen LogP contribution in [0.2, 0.25) is 0 Å². The highest BCUT2D eigenvalue weighted by molar-refractivity contribution is 6.06. The SMILES string of the molecule is Cn1nc(-c2nc3c([nH]2)NC=CC=C3c2ccnc(-c3c(F)c(-c4cncc(NC(=O)c5ccccc5)c4)cc4c(-c5nc6c([nH]5)CC(N)=CC=C6c5ccncc5)n[nH]c34)c2)c2cc(-c3cncc(CN4CCCC4)c3)c(F)cc21. The Morgan fingerprint density at radius 1 is 0.728 bits per heavy atom. The van der Waals surface area contributed by atoms with Crippen LogP contribution in [0.5, 0.6) is 0 Å². The first kappa shape index (κ1) is 48.8. The van der Waals surface area contributed by atoms with E-state index in [-0.39, 0.29) is 28.5 Å². The number of likely N-dealkylation sites (tertiary alicyclic amines) is 1. The zero-order valence-electron chi connectivity index (χ0n) is 43.5. The van der Waals surface area contributed by atoms with Crippen LogP contribution in [0.15, 0.2) is 165 Å². The number of imidazole rings is 2. The molecule has 17 nitrogen and oxygen atoms in total. The Hall–Kier alpha value is -10.5. The largest absolute Gasteiger partial charge is 0.402 e. The van der Waals surface area contributed by atoms with Gasteiger partial charge in [-0.05, 0) is 115 Å². The Morgan fingerprint density at radius 2 is 1.49 bits per heavy atom. The van der Waals surface area contributed by atoms with Gasteiger partial charge in [0.15, 0.2) is 11.6 Å². The average molecular weight is 1070 g/mol. The van der Waals surface area contributed by atoms with Crippen LogP contribution in [0.1, 0.15) is 57.0 Å². The van der Waals surface area contributed by atoms with Gasteiger partial charge >= 0.3 is 0 Å². The number of halogens is 2. The molecule has 0 unspecified atom stereocenters. The van der Waals surface area contributed by atoms with E-state index in [1.807, 2.05) is 73.0 Å². The second kappa shape index (κ2) is 20.0. The number of aryl methyl sites for hydroxylation is 1. The van der Waals surface area contributed by atoms with E-state index in [2.05, 4.69) is 45.6 Å². The number of allylic oxidation sites excluding steroid dienone is 5. The fraction of sp³-hybridized carbons (Fsp3) is 0.113. The normalized spacial score (nSPS) is 14.2. The Morgan fingerprint density at radius 3 is 2.35 bits per heavy atom. The molecule has 11 aromatic rings. The van der Waals surface area contributed by atoms with Crippen molar-refractivity contribution in [1.82, 2.24) is 64.7 Å². The van der Waals surface area contributed by atoms with Gasteiger partial charge in [-0.2, -0.15) is 10.2 Å². The molecule has 14 rings (SSSR count). The van der Waals surface area contributed by atoms with Crippen molar-refractivity contribution in [2.75, 3.05) is 23.7 Å². The highest BCUT2D eigenvalue weighted by atomic mass is 19.1. The quantitative estimate of drug-likeness (QED) is 0.0711. The van der Waals surface area contributed by atoms with E-state index in [1.165, 1.54) is 25.1 Å². The predicted octanol–water partition coefficient (Wildman–Crippen LogP) is 11.1. The average Bonchev–Trinajstić information content (AvgIpc) is 4.53. The van der Waals surface area contributed by atoms with E-state index in [4.69, 9.17) is 30.9 Å². The van der Waals surface area contributed by atoms with Gasteiger partial charge in [0.2, 0.25) is 0 Å². The molecule has 3 aliphatic rings. The third-order valence-electron chi connectivity index (χ3n) is 15.0. The van der Waals surface area contributed by atoms with E-state index in [1.54, 1.807) is 85.3 Å². The summed E-state index contributed by atoms with van der Waals surface area (Å²) >= 11 is 0. The first-order valence-electron chi connectivity index (χ1n) is 26.4. The summed E-state index contributed by atoms with van der Waals surface area (Å²) < 4.78 is 35.8. The van der Waals surface area contributed by atoms with E-state index in [0.717, 1.165) is 42.0 Å². The molecule has 1 amide bonds. The molecule has 1 saturated heterocycles. The van der Waals surface area contributed by atoms with E-state index >= 15 is 8.78 Å². The van der Waals surface area contributed by atoms with Crippen LogP contribution in [0, 0.1) is 11.6 Å². The molecule has 81 heavy (non-hydrogen) atoms. The Labute approximate surface area is 461 Å². The molecule has 3 aromatic carbocycles. The van der Waals surface area contributed by atoms with Crippen LogP contribution in [-0.4, -0.2) is 83.7 Å². The van der Waals surface area contributed by atoms with Crippen LogP contribution in [-0.2, 0) is 20.0 Å². The number of aromatic amines is 3. The maximum Gasteiger partial charge on any atom is 0.255 e. The molecule has 0 bridgehead atoms. The molecule has 19 heteroatoms. The van der Waals surface area contributed by atoms with Crippen molar-refractivity contribution in [3.8, 4) is 56.5 Å². The van der Waals surface area contributed by atoms with Gasteiger partial charge in [0.05, 0.1) is 39.9 Å². The number of carbonyl (C=O) groups excluding carboxylic acids is 1. The number of hydrogen-bond donors (Lipinski definition) is 6. The third kappa shape index (κ3) is 9.00. The lowest BCUT2D eigenvalue weighted by molar-refractivity contribution is 0.102. The molecule has 2 aliphatic heterocycles. The summed E-state index contributed by atoms with van der Waals surface area (Å²) in [6, 6.07) is 25.0. The van der Waals surface area contributed by atoms with Crippen LogP contribution in [0.25, 0.3) is 89.5 Å². The number of carbonyl (C=O) groups is 1. The third-order valence-corrected chi connectivity index (χ3v) is 15.0. The standard InChI is InChI=1S/C62H48F2N16O/c1-79-51-28-48(63)44(38-22-34(29-67-30-38)33-80-20-5-6-21-80)26-46(51)58(78-79)61-74-56-42(10-7-16-70-59(56)75-61)37-15-19-69-49(24-37)52-53(64)45(39-23-41(32-68-31-39)71-62(81)36-8-3-2-4-9-36)27-47-55(52)76-77-57(47)60-72-50-25-40(65)11-12-43(54(50)73-60)35-13-17-66-18-14-35/h2-4,7-19,22-24,26-32,70H,5-6,20-21,25,33,65H2,1H3,(H,71,81)(H,72,73)(H,74,75)(H,76,77). The van der Waals surface area contributed by atoms with Gasteiger partial charge in [0.1, 0.15) is 34.5 Å². The molecule has 0 radical (unpaired) electrons. The number of hydrogen-bond acceptors (Lipinski definition) is 12. The number of anilines is 2. The van der Waals surface area contributed by atoms with Gasteiger partial charge in [-0.15, -0.1) is 0 Å². The molecule has 7 N–H and O–H groups in total. The van der Waals surface area contributed by atoms with Crippen molar-refractivity contribution >= 4 is 50.4 Å². The lowest BCUT2D eigenvalue weighted by Crippen LogP contribution is -2.18. The molecular weight excluding hydrogens is 1020 g/mol. The molecule has 0 saturated carbocycles. The number of fused-ring (bicyclic) bond motifs is 4. The zero-order chi connectivity index (χ0) is 54.7. The minimum Gasteiger partial charge on any atom is -0.402 e. The first-order chi connectivity index (χ1) is 39.7. The summed E-state index contributed by atoms with van der Waals surface area (Å²) in [5.74, 6) is 0.123. The van der Waals surface area contributed by atoms with E-state index < -0.39 is 5.82 Å². The topological polar surface area (TPSA) is 226 Å². The summed E-state index contributed by atoms with van der Waals surface area (Å²) in [6.45, 7) is 2.83. The lowest BCUT2D eigenvalue weighted by atomic mass is 9.95. The fourth-order valence-corrected chi connectivity index (χ4v) is 11.1. The fourth-order valence-electron chi connectivity index (χ4n) is 11.1. The van der Waals surface area contributed by atoms with Gasteiger partial charge in [-0.3, -0.25) is 39.4 Å². The molecule has 10 heterocycles. The number of nitrogens with zero attached hydrogens (tertiary/aromatic N) is 10. The number of rotatable bonds is 11. The van der Waals surface area contributed by atoms with Crippen LogP contribution < -0.4 is 16.4 Å². The number of pyridine rings is 4. The minimum absolute atomic E-state index is 0.130. The second-order valence-electron chi connectivity index (χ2n) is 20.2. The van der Waals surface area contributed by atoms with Crippen LogP contribution >= 0.6 is 0 Å². The number of amides is 1. The molecule has 1 aliphatic carbocycles.